The lowest BCUT2D eigenvalue weighted by atomic mass is 10.0. The number of hydrogen-bond donors (Lipinski definition) is 0. The van der Waals surface area contributed by atoms with Crippen molar-refractivity contribution < 1.29 is 4.79 Å². The van der Waals surface area contributed by atoms with Crippen LogP contribution < -0.4 is 0 Å². The number of aromatic nitrogens is 4. The van der Waals surface area contributed by atoms with E-state index in [1.807, 2.05) is 78.4 Å². The number of nitrogens with zero attached hydrogens (tertiary/aromatic N) is 4. The standard InChI is InChI=1S/C29H26N4OS/c1-4-17-33-28(22-14-10-11-20(2)18-22)30-31-29(33)35-19-25(34)26-23-15-8-9-16-24(23)32(3)27(26)21-12-6-5-7-13-21/h4-16,18H,1,17,19H2,2-3H3. The lowest BCUT2D eigenvalue weighted by molar-refractivity contribution is 0.102. The normalized spacial score (nSPS) is 11.1. The van der Waals surface area contributed by atoms with E-state index in [1.165, 1.54) is 11.8 Å². The number of benzene rings is 3. The molecule has 0 aliphatic heterocycles. The maximum Gasteiger partial charge on any atom is 0.192 e. The maximum atomic E-state index is 13.7. The Bertz CT molecular complexity index is 1530. The quantitative estimate of drug-likeness (QED) is 0.144. The molecule has 0 bridgehead atoms. The van der Waals surface area contributed by atoms with Crippen LogP contribution in [0.2, 0.25) is 0 Å². The molecule has 0 aliphatic carbocycles. The summed E-state index contributed by atoms with van der Waals surface area (Å²) in [7, 11) is 2.02. The molecule has 35 heavy (non-hydrogen) atoms. The van der Waals surface area contributed by atoms with Crippen molar-refractivity contribution in [1.82, 2.24) is 19.3 Å². The van der Waals surface area contributed by atoms with Gasteiger partial charge in [0.1, 0.15) is 0 Å². The summed E-state index contributed by atoms with van der Waals surface area (Å²) in [4.78, 5) is 13.7. The highest BCUT2D eigenvalue weighted by atomic mass is 32.2. The molecule has 6 heteroatoms. The number of hydrogen-bond acceptors (Lipinski definition) is 4. The van der Waals surface area contributed by atoms with Crippen molar-refractivity contribution in [3.63, 3.8) is 0 Å². The van der Waals surface area contributed by atoms with Crippen LogP contribution in [0.1, 0.15) is 15.9 Å². The molecule has 5 rings (SSSR count). The SMILES string of the molecule is C=CCn1c(SCC(=O)c2c(-c3ccccc3)n(C)c3ccccc23)nnc1-c1cccc(C)c1. The number of para-hydroxylation sites is 1. The number of carbonyl (C=O) groups excluding carboxylic acids is 1. The molecule has 0 aliphatic rings. The van der Waals surface area contributed by atoms with Gasteiger partial charge in [0.25, 0.3) is 0 Å². The van der Waals surface area contributed by atoms with Crippen LogP contribution in [0.15, 0.2) is 96.7 Å². The third kappa shape index (κ3) is 4.33. The second-order valence-corrected chi connectivity index (χ2v) is 9.40. The number of aryl methyl sites for hydroxylation is 2. The molecule has 0 radical (unpaired) electrons. The number of rotatable bonds is 8. The summed E-state index contributed by atoms with van der Waals surface area (Å²) in [6, 6.07) is 26.3. The first-order valence-corrected chi connectivity index (χ1v) is 12.5. The molecule has 5 aromatic rings. The van der Waals surface area contributed by atoms with E-state index in [9.17, 15) is 4.79 Å². The van der Waals surface area contributed by atoms with E-state index in [2.05, 4.69) is 46.5 Å². The van der Waals surface area contributed by atoms with Crippen LogP contribution >= 0.6 is 11.8 Å². The molecular weight excluding hydrogens is 452 g/mol. The van der Waals surface area contributed by atoms with Crippen molar-refractivity contribution in [2.45, 2.75) is 18.6 Å². The minimum absolute atomic E-state index is 0.0657. The van der Waals surface area contributed by atoms with Gasteiger partial charge in [0.2, 0.25) is 0 Å². The molecule has 0 fully saturated rings. The van der Waals surface area contributed by atoms with Crippen LogP contribution in [0.25, 0.3) is 33.5 Å². The van der Waals surface area contributed by atoms with Gasteiger partial charge in [0, 0.05) is 30.1 Å². The number of allylic oxidation sites excluding steroid dienone is 1. The second kappa shape index (κ2) is 9.76. The summed E-state index contributed by atoms with van der Waals surface area (Å²) in [5, 5.41) is 10.5. The first kappa shape index (κ1) is 22.9. The first-order valence-electron chi connectivity index (χ1n) is 11.5. The summed E-state index contributed by atoms with van der Waals surface area (Å²) in [6.45, 7) is 6.52. The Balaban J connectivity index is 1.50. The number of carbonyl (C=O) groups is 1. The van der Waals surface area contributed by atoms with Gasteiger partial charge < -0.3 is 4.57 Å². The highest BCUT2D eigenvalue weighted by molar-refractivity contribution is 7.99. The average molecular weight is 479 g/mol. The van der Waals surface area contributed by atoms with Crippen LogP contribution in [-0.2, 0) is 13.6 Å². The number of ketones is 1. The van der Waals surface area contributed by atoms with Crippen LogP contribution in [0.4, 0.5) is 0 Å². The topological polar surface area (TPSA) is 52.7 Å². The predicted molar refractivity (Wildman–Crippen MR) is 144 cm³/mol. The Morgan fingerprint density at radius 2 is 1.71 bits per heavy atom. The van der Waals surface area contributed by atoms with Crippen molar-refractivity contribution in [2.75, 3.05) is 5.75 Å². The molecule has 2 heterocycles. The molecule has 0 saturated heterocycles. The van der Waals surface area contributed by atoms with Crippen LogP contribution in [-0.4, -0.2) is 30.9 Å². The van der Waals surface area contributed by atoms with Crippen molar-refractivity contribution in [2.24, 2.45) is 7.05 Å². The van der Waals surface area contributed by atoms with Gasteiger partial charge >= 0.3 is 0 Å². The van der Waals surface area contributed by atoms with Crippen molar-refractivity contribution in [3.8, 4) is 22.6 Å². The van der Waals surface area contributed by atoms with Crippen molar-refractivity contribution >= 4 is 28.4 Å². The van der Waals surface area contributed by atoms with Crippen LogP contribution in [0.3, 0.4) is 0 Å². The fraction of sp³-hybridized carbons (Fsp3) is 0.138. The van der Waals surface area contributed by atoms with Gasteiger partial charge in [-0.3, -0.25) is 9.36 Å². The minimum Gasteiger partial charge on any atom is -0.343 e. The zero-order valence-corrected chi connectivity index (χ0v) is 20.6. The molecule has 174 valence electrons. The Kier molecular flexibility index (Phi) is 6.38. The summed E-state index contributed by atoms with van der Waals surface area (Å²) in [5.74, 6) is 1.10. The number of fused-ring (bicyclic) bond motifs is 1. The third-order valence-electron chi connectivity index (χ3n) is 6.07. The zero-order valence-electron chi connectivity index (χ0n) is 19.8. The van der Waals surface area contributed by atoms with Crippen LogP contribution in [0.5, 0.6) is 0 Å². The lowest BCUT2D eigenvalue weighted by Gasteiger charge is -2.09. The molecular formula is C29H26N4OS. The van der Waals surface area contributed by atoms with Gasteiger partial charge in [0.05, 0.1) is 17.0 Å². The number of thioether (sulfide) groups is 1. The average Bonchev–Trinajstić information content (AvgIpc) is 3.42. The summed E-state index contributed by atoms with van der Waals surface area (Å²) in [5.41, 5.74) is 5.90. The molecule has 0 N–H and O–H groups in total. The lowest BCUT2D eigenvalue weighted by Crippen LogP contribution is -2.07. The molecule has 0 amide bonds. The molecule has 0 spiro atoms. The maximum absolute atomic E-state index is 13.7. The monoisotopic (exact) mass is 478 g/mol. The van der Waals surface area contributed by atoms with Gasteiger partial charge in [-0.05, 0) is 24.6 Å². The predicted octanol–water partition coefficient (Wildman–Crippen LogP) is 6.57. The molecule has 0 unspecified atom stereocenters. The zero-order chi connectivity index (χ0) is 24.4. The Morgan fingerprint density at radius 3 is 2.49 bits per heavy atom. The fourth-order valence-electron chi connectivity index (χ4n) is 4.50. The Labute approximate surface area is 209 Å². The Morgan fingerprint density at radius 1 is 0.971 bits per heavy atom. The van der Waals surface area contributed by atoms with E-state index in [1.54, 1.807) is 0 Å². The molecule has 0 saturated carbocycles. The van der Waals surface area contributed by atoms with Crippen molar-refractivity contribution in [3.05, 3.63) is 103 Å². The molecule has 5 nitrogen and oxygen atoms in total. The minimum atomic E-state index is 0.0657. The fourth-order valence-corrected chi connectivity index (χ4v) is 5.32. The molecule has 3 aromatic carbocycles. The first-order chi connectivity index (χ1) is 17.1. The molecule has 0 atom stereocenters. The van der Waals surface area contributed by atoms with Gasteiger partial charge in [-0.25, -0.2) is 0 Å². The van der Waals surface area contributed by atoms with Gasteiger partial charge in [0.15, 0.2) is 16.8 Å². The van der Waals surface area contributed by atoms with E-state index >= 15 is 0 Å². The second-order valence-electron chi connectivity index (χ2n) is 8.45. The highest BCUT2D eigenvalue weighted by Crippen LogP contribution is 2.34. The van der Waals surface area contributed by atoms with E-state index in [0.29, 0.717) is 11.7 Å². The van der Waals surface area contributed by atoms with E-state index in [-0.39, 0.29) is 11.5 Å². The van der Waals surface area contributed by atoms with E-state index in [4.69, 9.17) is 0 Å². The molecule has 2 aromatic heterocycles. The largest absolute Gasteiger partial charge is 0.343 e. The summed E-state index contributed by atoms with van der Waals surface area (Å²) in [6.07, 6.45) is 1.83. The van der Waals surface area contributed by atoms with Gasteiger partial charge in [-0.15, -0.1) is 16.8 Å². The summed E-state index contributed by atoms with van der Waals surface area (Å²) < 4.78 is 4.12. The van der Waals surface area contributed by atoms with Crippen molar-refractivity contribution in [1.29, 1.82) is 0 Å². The van der Waals surface area contributed by atoms with Crippen LogP contribution in [0, 0.1) is 6.92 Å². The third-order valence-corrected chi connectivity index (χ3v) is 7.04. The van der Waals surface area contributed by atoms with E-state index in [0.717, 1.165) is 44.7 Å². The van der Waals surface area contributed by atoms with Gasteiger partial charge in [-0.1, -0.05) is 90.1 Å². The highest BCUT2D eigenvalue weighted by Gasteiger charge is 2.23. The van der Waals surface area contributed by atoms with E-state index < -0.39 is 0 Å². The Hall–Kier alpha value is -3.90. The number of Topliss-reactive ketones (excluding diaryl/α,β-unsaturated/α-hetero) is 1. The smallest absolute Gasteiger partial charge is 0.192 e. The summed E-state index contributed by atoms with van der Waals surface area (Å²) >= 11 is 1.41. The van der Waals surface area contributed by atoms with Gasteiger partial charge in [-0.2, -0.15) is 0 Å².